The van der Waals surface area contributed by atoms with Crippen molar-refractivity contribution >= 4 is 17.5 Å². The maximum atomic E-state index is 12.5. The topological polar surface area (TPSA) is 70.7 Å². The normalized spacial score (nSPS) is 28.7. The molecule has 2 amide bonds. The summed E-state index contributed by atoms with van der Waals surface area (Å²) in [6.07, 6.45) is 0.442. The fourth-order valence-corrected chi connectivity index (χ4v) is 2.97. The van der Waals surface area contributed by atoms with Gasteiger partial charge in [0.25, 0.3) is 0 Å². The summed E-state index contributed by atoms with van der Waals surface area (Å²) < 4.78 is 5.47. The monoisotopic (exact) mass is 303 g/mol. The Morgan fingerprint density at radius 1 is 1.36 bits per heavy atom. The van der Waals surface area contributed by atoms with Crippen molar-refractivity contribution in [3.63, 3.8) is 0 Å². The van der Waals surface area contributed by atoms with Crippen LogP contribution in [0.25, 0.3) is 0 Å². The van der Waals surface area contributed by atoms with Gasteiger partial charge in [-0.3, -0.25) is 9.59 Å². The van der Waals surface area contributed by atoms with Crippen LogP contribution in [0, 0.1) is 0 Å². The first kappa shape index (κ1) is 15.0. The molecular formula is C16H21N3O3. The van der Waals surface area contributed by atoms with Crippen molar-refractivity contribution in [2.24, 2.45) is 0 Å². The molecule has 6 nitrogen and oxygen atoms in total. The molecule has 1 aromatic carbocycles. The maximum absolute atomic E-state index is 12.5. The average molecular weight is 303 g/mol. The predicted molar refractivity (Wildman–Crippen MR) is 82.5 cm³/mol. The maximum Gasteiger partial charge on any atom is 0.249 e. The van der Waals surface area contributed by atoms with Crippen molar-refractivity contribution in [2.75, 3.05) is 24.6 Å². The van der Waals surface area contributed by atoms with E-state index in [1.54, 1.807) is 4.90 Å². The van der Waals surface area contributed by atoms with Gasteiger partial charge in [0.15, 0.2) is 0 Å². The minimum Gasteiger partial charge on any atom is -0.375 e. The summed E-state index contributed by atoms with van der Waals surface area (Å²) in [5, 5.41) is 5.99. The number of hydrogen-bond acceptors (Lipinski definition) is 4. The van der Waals surface area contributed by atoms with Gasteiger partial charge in [0.05, 0.1) is 12.7 Å². The third-order valence-corrected chi connectivity index (χ3v) is 4.19. The lowest BCUT2D eigenvalue weighted by Gasteiger charge is -2.30. The van der Waals surface area contributed by atoms with Crippen LogP contribution in [0.4, 0.5) is 5.69 Å². The van der Waals surface area contributed by atoms with Crippen LogP contribution in [0.2, 0.25) is 0 Å². The summed E-state index contributed by atoms with van der Waals surface area (Å²) in [7, 11) is 0. The first-order chi connectivity index (χ1) is 10.7. The number of anilines is 1. The van der Waals surface area contributed by atoms with Gasteiger partial charge in [-0.2, -0.15) is 0 Å². The summed E-state index contributed by atoms with van der Waals surface area (Å²) in [5.74, 6) is -0.218. The molecule has 3 rings (SSSR count). The summed E-state index contributed by atoms with van der Waals surface area (Å²) in [6.45, 7) is 3.74. The molecule has 3 atom stereocenters. The number of nitrogens with one attached hydrogen (secondary N) is 2. The van der Waals surface area contributed by atoms with Gasteiger partial charge in [-0.1, -0.05) is 18.2 Å². The zero-order valence-corrected chi connectivity index (χ0v) is 12.6. The number of amides is 2. The molecular weight excluding hydrogens is 282 g/mol. The molecule has 2 fully saturated rings. The third kappa shape index (κ3) is 2.98. The van der Waals surface area contributed by atoms with Crippen molar-refractivity contribution < 1.29 is 14.3 Å². The van der Waals surface area contributed by atoms with Crippen LogP contribution < -0.4 is 15.5 Å². The third-order valence-electron chi connectivity index (χ3n) is 4.19. The van der Waals surface area contributed by atoms with Crippen LogP contribution in [0.15, 0.2) is 30.3 Å². The molecule has 0 saturated carbocycles. The number of carbonyl (C=O) groups is 2. The van der Waals surface area contributed by atoms with Gasteiger partial charge in [0.1, 0.15) is 12.1 Å². The fourth-order valence-electron chi connectivity index (χ4n) is 2.97. The van der Waals surface area contributed by atoms with Crippen molar-refractivity contribution in [1.29, 1.82) is 0 Å². The SMILES string of the molecule is C[C@H]1OCCN[C@@H]1C(=O)NC1CCN(c2ccccc2)C1=O. The molecule has 2 aliphatic rings. The summed E-state index contributed by atoms with van der Waals surface area (Å²) >= 11 is 0. The van der Waals surface area contributed by atoms with Gasteiger partial charge in [-0.05, 0) is 25.5 Å². The molecule has 2 heterocycles. The minimum atomic E-state index is -0.455. The number of benzene rings is 1. The van der Waals surface area contributed by atoms with Crippen LogP contribution in [-0.4, -0.2) is 49.7 Å². The zero-order valence-electron chi connectivity index (χ0n) is 12.6. The van der Waals surface area contributed by atoms with Crippen molar-refractivity contribution in [3.8, 4) is 0 Å². The lowest BCUT2D eigenvalue weighted by molar-refractivity contribution is -0.132. The molecule has 2 aliphatic heterocycles. The number of ether oxygens (including phenoxy) is 1. The highest BCUT2D eigenvalue weighted by atomic mass is 16.5. The van der Waals surface area contributed by atoms with E-state index < -0.39 is 12.1 Å². The average Bonchev–Trinajstić information content (AvgIpc) is 2.89. The van der Waals surface area contributed by atoms with Gasteiger partial charge < -0.3 is 20.3 Å². The van der Waals surface area contributed by atoms with E-state index in [0.717, 1.165) is 5.69 Å². The van der Waals surface area contributed by atoms with Crippen LogP contribution >= 0.6 is 0 Å². The number of rotatable bonds is 3. The number of carbonyl (C=O) groups excluding carboxylic acids is 2. The second kappa shape index (κ2) is 6.46. The Kier molecular flexibility index (Phi) is 4.40. The molecule has 0 aliphatic carbocycles. The summed E-state index contributed by atoms with van der Waals surface area (Å²) in [5.41, 5.74) is 0.872. The van der Waals surface area contributed by atoms with E-state index >= 15 is 0 Å². The highest BCUT2D eigenvalue weighted by molar-refractivity contribution is 6.01. The van der Waals surface area contributed by atoms with E-state index in [4.69, 9.17) is 4.74 Å². The lowest BCUT2D eigenvalue weighted by atomic mass is 10.1. The number of para-hydroxylation sites is 1. The van der Waals surface area contributed by atoms with Gasteiger partial charge >= 0.3 is 0 Å². The highest BCUT2D eigenvalue weighted by Gasteiger charge is 2.36. The lowest BCUT2D eigenvalue weighted by Crippen LogP contribution is -2.57. The molecule has 118 valence electrons. The van der Waals surface area contributed by atoms with E-state index in [2.05, 4.69) is 10.6 Å². The Bertz CT molecular complexity index is 549. The van der Waals surface area contributed by atoms with Crippen molar-refractivity contribution in [1.82, 2.24) is 10.6 Å². The Morgan fingerprint density at radius 2 is 2.14 bits per heavy atom. The highest BCUT2D eigenvalue weighted by Crippen LogP contribution is 2.21. The molecule has 1 unspecified atom stereocenters. The van der Waals surface area contributed by atoms with E-state index in [1.807, 2.05) is 37.3 Å². The Morgan fingerprint density at radius 3 is 2.86 bits per heavy atom. The standard InChI is InChI=1S/C16H21N3O3/c1-11-14(17-8-10-22-11)15(20)18-13-7-9-19(16(13)21)12-5-3-2-4-6-12/h2-6,11,13-14,17H,7-10H2,1H3,(H,18,20)/t11-,13?,14+/m1/s1. The predicted octanol–water partition coefficient (Wildman–Crippen LogP) is 0.285. The molecule has 0 aromatic heterocycles. The fraction of sp³-hybridized carbons (Fsp3) is 0.500. The van der Waals surface area contributed by atoms with Crippen LogP contribution in [0.5, 0.6) is 0 Å². The van der Waals surface area contributed by atoms with Gasteiger partial charge in [0.2, 0.25) is 11.8 Å². The summed E-state index contributed by atoms with van der Waals surface area (Å²) in [4.78, 5) is 26.5. The molecule has 0 bridgehead atoms. The molecule has 1 aromatic rings. The quantitative estimate of drug-likeness (QED) is 0.842. The number of hydrogen-bond donors (Lipinski definition) is 2. The first-order valence-corrected chi connectivity index (χ1v) is 7.68. The second-order valence-corrected chi connectivity index (χ2v) is 5.68. The van der Waals surface area contributed by atoms with Crippen LogP contribution in [-0.2, 0) is 14.3 Å². The van der Waals surface area contributed by atoms with Crippen molar-refractivity contribution in [2.45, 2.75) is 31.5 Å². The van der Waals surface area contributed by atoms with Crippen LogP contribution in [0.3, 0.4) is 0 Å². The number of nitrogens with zero attached hydrogens (tertiary/aromatic N) is 1. The molecule has 2 saturated heterocycles. The van der Waals surface area contributed by atoms with Gasteiger partial charge in [0, 0.05) is 18.8 Å². The minimum absolute atomic E-state index is 0.0519. The van der Waals surface area contributed by atoms with E-state index in [9.17, 15) is 9.59 Å². The molecule has 0 spiro atoms. The Hall–Kier alpha value is -1.92. The van der Waals surface area contributed by atoms with Gasteiger partial charge in [-0.25, -0.2) is 0 Å². The second-order valence-electron chi connectivity index (χ2n) is 5.68. The molecule has 2 N–H and O–H groups in total. The smallest absolute Gasteiger partial charge is 0.249 e. The van der Waals surface area contributed by atoms with Gasteiger partial charge in [-0.15, -0.1) is 0 Å². The van der Waals surface area contributed by atoms with Crippen LogP contribution in [0.1, 0.15) is 13.3 Å². The largest absolute Gasteiger partial charge is 0.375 e. The van der Waals surface area contributed by atoms with E-state index in [-0.39, 0.29) is 17.9 Å². The van der Waals surface area contributed by atoms with Crippen molar-refractivity contribution in [3.05, 3.63) is 30.3 Å². The van der Waals surface area contributed by atoms with E-state index in [0.29, 0.717) is 26.1 Å². The first-order valence-electron chi connectivity index (χ1n) is 7.68. The Balaban J connectivity index is 1.62. The number of morpholine rings is 1. The molecule has 22 heavy (non-hydrogen) atoms. The Labute approximate surface area is 129 Å². The summed E-state index contributed by atoms with van der Waals surface area (Å²) in [6, 6.07) is 8.68. The molecule has 0 radical (unpaired) electrons. The molecule has 6 heteroatoms. The van der Waals surface area contributed by atoms with E-state index in [1.165, 1.54) is 0 Å². The zero-order chi connectivity index (χ0) is 15.5.